The number of piperidine rings is 1. The highest BCUT2D eigenvalue weighted by atomic mass is 16.4. The van der Waals surface area contributed by atoms with Crippen LogP contribution in [0.4, 0.5) is 5.69 Å². The summed E-state index contributed by atoms with van der Waals surface area (Å²) in [5, 5.41) is 11.0. The van der Waals surface area contributed by atoms with E-state index >= 15 is 0 Å². The molecule has 10 heteroatoms. The topological polar surface area (TPSA) is 127 Å². The van der Waals surface area contributed by atoms with Gasteiger partial charge in [-0.3, -0.25) is 39.1 Å². The molecule has 4 amide bonds. The Balaban J connectivity index is 1.43. The largest absolute Gasteiger partial charge is 0.481 e. The first kappa shape index (κ1) is 21.0. The molecule has 0 aliphatic carbocycles. The van der Waals surface area contributed by atoms with Crippen molar-refractivity contribution >= 4 is 35.3 Å². The van der Waals surface area contributed by atoms with Crippen LogP contribution in [0.1, 0.15) is 46.4 Å². The molecule has 3 aliphatic rings. The number of fused-ring (bicyclic) bond motifs is 1. The van der Waals surface area contributed by atoms with Crippen LogP contribution in [-0.4, -0.2) is 83.3 Å². The van der Waals surface area contributed by atoms with Crippen molar-refractivity contribution in [3.8, 4) is 0 Å². The molecule has 2 saturated heterocycles. The highest BCUT2D eigenvalue weighted by Crippen LogP contribution is 2.31. The molecule has 0 saturated carbocycles. The van der Waals surface area contributed by atoms with Crippen molar-refractivity contribution in [3.63, 3.8) is 0 Å². The van der Waals surface area contributed by atoms with Crippen molar-refractivity contribution in [2.75, 3.05) is 37.6 Å². The highest BCUT2D eigenvalue weighted by molar-refractivity contribution is 6.23. The zero-order valence-electron chi connectivity index (χ0n) is 17.0. The van der Waals surface area contributed by atoms with Gasteiger partial charge in [0.05, 0.1) is 11.1 Å². The number of piperazine rings is 1. The molecular weight excluding hydrogens is 404 g/mol. The molecule has 1 atom stereocenters. The average molecular weight is 428 g/mol. The minimum atomic E-state index is -0.970. The van der Waals surface area contributed by atoms with Crippen LogP contribution in [-0.2, 0) is 14.4 Å². The second-order valence-electron chi connectivity index (χ2n) is 8.00. The van der Waals surface area contributed by atoms with Crippen molar-refractivity contribution in [3.05, 3.63) is 29.3 Å². The molecule has 2 fully saturated rings. The van der Waals surface area contributed by atoms with E-state index in [4.69, 9.17) is 5.11 Å². The van der Waals surface area contributed by atoms with Gasteiger partial charge in [-0.05, 0) is 37.6 Å². The number of nitrogens with one attached hydrogen (secondary N) is 1. The van der Waals surface area contributed by atoms with E-state index in [-0.39, 0.29) is 30.4 Å². The number of aliphatic carboxylic acids is 1. The van der Waals surface area contributed by atoms with Gasteiger partial charge in [0.25, 0.3) is 11.8 Å². The lowest BCUT2D eigenvalue weighted by molar-refractivity contribution is -0.138. The van der Waals surface area contributed by atoms with Crippen molar-refractivity contribution in [2.24, 2.45) is 0 Å². The molecule has 2 N–H and O–H groups in total. The molecule has 0 spiro atoms. The van der Waals surface area contributed by atoms with Crippen LogP contribution in [0.3, 0.4) is 0 Å². The second-order valence-corrected chi connectivity index (χ2v) is 8.00. The molecule has 0 bridgehead atoms. The SMILES string of the molecule is O=C(O)CCCN1CCN(c2ccc3c(c2)C(=O)N(C2CCC(=O)NC2=O)C3=O)CC1. The zero-order chi connectivity index (χ0) is 22.1. The molecule has 1 aromatic carbocycles. The number of carbonyl (C=O) groups is 5. The van der Waals surface area contributed by atoms with Crippen LogP contribution in [0, 0.1) is 0 Å². The van der Waals surface area contributed by atoms with Gasteiger partial charge in [-0.15, -0.1) is 0 Å². The van der Waals surface area contributed by atoms with Crippen molar-refractivity contribution in [2.45, 2.75) is 31.7 Å². The summed E-state index contributed by atoms with van der Waals surface area (Å²) in [6.45, 7) is 3.76. The minimum absolute atomic E-state index is 0.0891. The van der Waals surface area contributed by atoms with Gasteiger partial charge in [0, 0.05) is 44.7 Å². The Kier molecular flexibility index (Phi) is 5.73. The molecule has 4 rings (SSSR count). The maximum absolute atomic E-state index is 13.0. The van der Waals surface area contributed by atoms with E-state index in [0.717, 1.165) is 43.3 Å². The average Bonchev–Trinajstić information content (AvgIpc) is 2.98. The number of hydrogen-bond donors (Lipinski definition) is 2. The Bertz CT molecular complexity index is 953. The molecule has 164 valence electrons. The Morgan fingerprint density at radius 3 is 2.42 bits per heavy atom. The van der Waals surface area contributed by atoms with Crippen molar-refractivity contribution < 1.29 is 29.1 Å². The zero-order valence-corrected chi connectivity index (χ0v) is 17.0. The first-order valence-corrected chi connectivity index (χ1v) is 10.4. The van der Waals surface area contributed by atoms with Gasteiger partial charge in [-0.25, -0.2) is 0 Å². The fraction of sp³-hybridized carbons (Fsp3) is 0.476. The lowest BCUT2D eigenvalue weighted by Crippen LogP contribution is -2.54. The maximum atomic E-state index is 13.0. The van der Waals surface area contributed by atoms with Gasteiger partial charge in [0.15, 0.2) is 0 Å². The molecule has 3 aliphatic heterocycles. The van der Waals surface area contributed by atoms with Gasteiger partial charge < -0.3 is 10.0 Å². The standard InChI is InChI=1S/C21H24N4O6/c26-17-6-5-16(19(29)22-17)25-20(30)14-4-3-13(12-15(14)21(25)31)24-10-8-23(9-11-24)7-1-2-18(27)28/h3-4,12,16H,1-2,5-11H2,(H,27,28)(H,22,26,29). The third-order valence-electron chi connectivity index (χ3n) is 6.03. The van der Waals surface area contributed by atoms with Crippen LogP contribution >= 0.6 is 0 Å². The predicted molar refractivity (Wildman–Crippen MR) is 109 cm³/mol. The number of benzene rings is 1. The van der Waals surface area contributed by atoms with E-state index in [1.54, 1.807) is 18.2 Å². The number of imide groups is 2. The van der Waals surface area contributed by atoms with E-state index in [2.05, 4.69) is 15.1 Å². The molecule has 10 nitrogen and oxygen atoms in total. The summed E-state index contributed by atoms with van der Waals surface area (Å²) in [7, 11) is 0. The van der Waals surface area contributed by atoms with Gasteiger partial charge in [0.1, 0.15) is 6.04 Å². The Labute approximate surface area is 178 Å². The fourth-order valence-corrected chi connectivity index (χ4v) is 4.34. The molecule has 0 aromatic heterocycles. The van der Waals surface area contributed by atoms with Gasteiger partial charge in [-0.2, -0.15) is 0 Å². The number of carboxylic acids is 1. The van der Waals surface area contributed by atoms with Crippen LogP contribution in [0.25, 0.3) is 0 Å². The lowest BCUT2D eigenvalue weighted by Gasteiger charge is -2.36. The van der Waals surface area contributed by atoms with Crippen LogP contribution in [0.15, 0.2) is 18.2 Å². The Hall–Kier alpha value is -3.27. The van der Waals surface area contributed by atoms with E-state index in [0.29, 0.717) is 6.42 Å². The number of hydrogen-bond acceptors (Lipinski definition) is 7. The molecule has 1 unspecified atom stereocenters. The number of carbonyl (C=O) groups excluding carboxylic acids is 4. The summed E-state index contributed by atoms with van der Waals surface area (Å²) < 4.78 is 0. The number of carboxylic acid groups (broad SMARTS) is 1. The number of rotatable bonds is 6. The Morgan fingerprint density at radius 1 is 1.03 bits per heavy atom. The van der Waals surface area contributed by atoms with Crippen LogP contribution < -0.4 is 10.2 Å². The van der Waals surface area contributed by atoms with E-state index < -0.39 is 35.6 Å². The molecule has 0 radical (unpaired) electrons. The third-order valence-corrected chi connectivity index (χ3v) is 6.03. The summed E-state index contributed by atoms with van der Waals surface area (Å²) >= 11 is 0. The number of amides is 4. The fourth-order valence-electron chi connectivity index (χ4n) is 4.34. The van der Waals surface area contributed by atoms with Gasteiger partial charge >= 0.3 is 5.97 Å². The first-order valence-electron chi connectivity index (χ1n) is 10.4. The van der Waals surface area contributed by atoms with E-state index in [9.17, 15) is 24.0 Å². The second kappa shape index (κ2) is 8.46. The summed E-state index contributed by atoms with van der Waals surface area (Å²) in [5.74, 6) is -2.83. The van der Waals surface area contributed by atoms with Crippen LogP contribution in [0.2, 0.25) is 0 Å². The summed E-state index contributed by atoms with van der Waals surface area (Å²) in [5.41, 5.74) is 1.37. The minimum Gasteiger partial charge on any atom is -0.481 e. The third kappa shape index (κ3) is 4.15. The normalized spacial score (nSPS) is 22.0. The molecule has 3 heterocycles. The lowest BCUT2D eigenvalue weighted by atomic mass is 10.0. The summed E-state index contributed by atoms with van der Waals surface area (Å²) in [6.07, 6.45) is 0.991. The van der Waals surface area contributed by atoms with Gasteiger partial charge in [0.2, 0.25) is 11.8 Å². The maximum Gasteiger partial charge on any atom is 0.303 e. The van der Waals surface area contributed by atoms with Crippen molar-refractivity contribution in [1.82, 2.24) is 15.1 Å². The predicted octanol–water partition coefficient (Wildman–Crippen LogP) is 0.0746. The monoisotopic (exact) mass is 428 g/mol. The highest BCUT2D eigenvalue weighted by Gasteiger charge is 2.44. The number of nitrogens with zero attached hydrogens (tertiary/aromatic N) is 3. The van der Waals surface area contributed by atoms with Crippen LogP contribution in [0.5, 0.6) is 0 Å². The quantitative estimate of drug-likeness (QED) is 0.610. The summed E-state index contributed by atoms with van der Waals surface area (Å²) in [4.78, 5) is 65.3. The molecular formula is C21H24N4O6. The Morgan fingerprint density at radius 2 is 1.74 bits per heavy atom. The first-order chi connectivity index (χ1) is 14.8. The summed E-state index contributed by atoms with van der Waals surface area (Å²) in [6, 6.07) is 4.15. The molecule has 31 heavy (non-hydrogen) atoms. The van der Waals surface area contributed by atoms with Crippen molar-refractivity contribution in [1.29, 1.82) is 0 Å². The van der Waals surface area contributed by atoms with Gasteiger partial charge in [-0.1, -0.05) is 0 Å². The molecule has 1 aromatic rings. The smallest absolute Gasteiger partial charge is 0.303 e. The van der Waals surface area contributed by atoms with E-state index in [1.165, 1.54) is 0 Å². The van der Waals surface area contributed by atoms with E-state index in [1.807, 2.05) is 0 Å². The number of anilines is 1.